The van der Waals surface area contributed by atoms with Crippen LogP contribution in [0.25, 0.3) is 4.98 Å². The summed E-state index contributed by atoms with van der Waals surface area (Å²) in [6.45, 7) is 1.97. The van der Waals surface area contributed by atoms with Crippen molar-refractivity contribution in [2.24, 2.45) is 0 Å². The third kappa shape index (κ3) is 3.03. The van der Waals surface area contributed by atoms with Gasteiger partial charge in [0.2, 0.25) is 5.39 Å². The summed E-state index contributed by atoms with van der Waals surface area (Å²) in [5, 5.41) is 8.76. The normalized spacial score (nSPS) is 11.5. The van der Waals surface area contributed by atoms with E-state index in [1.807, 2.05) is 0 Å². The van der Waals surface area contributed by atoms with Crippen LogP contribution in [-0.2, 0) is 9.53 Å². The molecule has 4 nitrogen and oxygen atoms in total. The average molecular weight is 270 g/mol. The first-order valence-electron chi connectivity index (χ1n) is 4.45. The van der Waals surface area contributed by atoms with Crippen LogP contribution in [0.4, 0.5) is 0 Å². The molecule has 5 heteroatoms. The Hall–Kier alpha value is -1.41. The van der Waals surface area contributed by atoms with Crippen LogP contribution >= 0.6 is 15.9 Å². The van der Waals surface area contributed by atoms with E-state index in [-0.39, 0.29) is 6.61 Å². The molecule has 0 amide bonds. The summed E-state index contributed by atoms with van der Waals surface area (Å²) in [5.41, 5.74) is 0.596. The maximum Gasteiger partial charge on any atom is 0.433 e. The molecule has 0 N–H and O–H groups in total. The highest BCUT2D eigenvalue weighted by atomic mass is 79.9. The summed E-state index contributed by atoms with van der Waals surface area (Å²) in [7, 11) is 0. The summed E-state index contributed by atoms with van der Waals surface area (Å²) in [5.74, 6) is -0.553. The van der Waals surface area contributed by atoms with E-state index in [0.29, 0.717) is 5.56 Å². The molecule has 0 aliphatic carbocycles. The van der Waals surface area contributed by atoms with Crippen molar-refractivity contribution in [1.29, 1.82) is 5.39 Å². The van der Waals surface area contributed by atoms with Crippen molar-refractivity contribution in [3.05, 3.63) is 39.3 Å². The summed E-state index contributed by atoms with van der Waals surface area (Å²) in [4.78, 5) is 14.4. The molecule has 0 bridgehead atoms. The number of halogens is 1. The zero-order chi connectivity index (χ0) is 11.3. The van der Waals surface area contributed by atoms with Gasteiger partial charge in [0.05, 0.1) is 12.2 Å². The van der Waals surface area contributed by atoms with Gasteiger partial charge in [-0.3, -0.25) is 0 Å². The molecule has 0 aliphatic rings. The SMILES string of the molecule is CCOC(=O)[C@@H]([N+]#N)c1ccc(Br)cc1. The maximum absolute atomic E-state index is 11.4. The smallest absolute Gasteiger partial charge is 0.433 e. The summed E-state index contributed by atoms with van der Waals surface area (Å²) in [6, 6.07) is 5.98. The van der Waals surface area contributed by atoms with Gasteiger partial charge in [0.15, 0.2) is 0 Å². The van der Waals surface area contributed by atoms with Crippen LogP contribution in [0.2, 0.25) is 0 Å². The van der Waals surface area contributed by atoms with Gasteiger partial charge in [0, 0.05) is 4.47 Å². The minimum absolute atomic E-state index is 0.265. The van der Waals surface area contributed by atoms with Crippen molar-refractivity contribution >= 4 is 21.9 Å². The van der Waals surface area contributed by atoms with Gasteiger partial charge in [-0.25, -0.2) is 4.79 Å². The van der Waals surface area contributed by atoms with Crippen LogP contribution in [0.15, 0.2) is 28.7 Å². The van der Waals surface area contributed by atoms with Crippen molar-refractivity contribution in [2.75, 3.05) is 6.61 Å². The highest BCUT2D eigenvalue weighted by Gasteiger charge is 2.33. The highest BCUT2D eigenvalue weighted by molar-refractivity contribution is 9.10. The average Bonchev–Trinajstić information content (AvgIpc) is 2.22. The lowest BCUT2D eigenvalue weighted by molar-refractivity contribution is -0.143. The van der Waals surface area contributed by atoms with Crippen LogP contribution in [0.5, 0.6) is 0 Å². The van der Waals surface area contributed by atoms with Crippen LogP contribution in [0.1, 0.15) is 18.5 Å². The molecule has 15 heavy (non-hydrogen) atoms. The molecule has 78 valence electrons. The first kappa shape index (κ1) is 11.7. The number of carbonyl (C=O) groups excluding carboxylic acids is 1. The first-order valence-corrected chi connectivity index (χ1v) is 5.24. The zero-order valence-electron chi connectivity index (χ0n) is 8.18. The van der Waals surface area contributed by atoms with E-state index in [2.05, 4.69) is 20.9 Å². The molecule has 0 saturated carbocycles. The molecular formula is C10H10BrN2O2+. The molecule has 1 rings (SSSR count). The molecule has 1 atom stereocenters. The number of diazo groups is 1. The number of benzene rings is 1. The first-order chi connectivity index (χ1) is 7.19. The van der Waals surface area contributed by atoms with E-state index >= 15 is 0 Å². The van der Waals surface area contributed by atoms with Crippen LogP contribution < -0.4 is 0 Å². The number of rotatable bonds is 3. The molecule has 0 fully saturated rings. The lowest BCUT2D eigenvalue weighted by atomic mass is 10.1. The van der Waals surface area contributed by atoms with Gasteiger partial charge < -0.3 is 4.74 Å². The lowest BCUT2D eigenvalue weighted by Gasteiger charge is -2.00. The second kappa shape index (κ2) is 5.47. The Labute approximate surface area is 96.0 Å². The minimum Gasteiger partial charge on any atom is -0.460 e. The summed E-state index contributed by atoms with van der Waals surface area (Å²) in [6.07, 6.45) is 0. The van der Waals surface area contributed by atoms with E-state index in [4.69, 9.17) is 10.1 Å². The van der Waals surface area contributed by atoms with Crippen molar-refractivity contribution in [3.8, 4) is 0 Å². The Morgan fingerprint density at radius 1 is 1.53 bits per heavy atom. The molecule has 1 aromatic rings. The van der Waals surface area contributed by atoms with Gasteiger partial charge in [0.1, 0.15) is 4.98 Å². The van der Waals surface area contributed by atoms with Crippen LogP contribution in [0, 0.1) is 5.39 Å². The fourth-order valence-corrected chi connectivity index (χ4v) is 1.38. The predicted octanol–water partition coefficient (Wildman–Crippen LogP) is 2.91. The van der Waals surface area contributed by atoms with E-state index in [1.165, 1.54) is 0 Å². The van der Waals surface area contributed by atoms with Crippen molar-refractivity contribution in [1.82, 2.24) is 0 Å². The third-order valence-corrected chi connectivity index (χ3v) is 2.34. The molecule has 0 aromatic heterocycles. The lowest BCUT2D eigenvalue weighted by Crippen LogP contribution is -2.12. The van der Waals surface area contributed by atoms with Gasteiger partial charge in [-0.2, -0.15) is 0 Å². The van der Waals surface area contributed by atoms with E-state index in [1.54, 1.807) is 31.2 Å². The fourth-order valence-electron chi connectivity index (χ4n) is 1.12. The maximum atomic E-state index is 11.4. The van der Waals surface area contributed by atoms with Gasteiger partial charge >= 0.3 is 12.0 Å². The highest BCUT2D eigenvalue weighted by Crippen LogP contribution is 2.21. The van der Waals surface area contributed by atoms with Gasteiger partial charge in [-0.15, -0.1) is 0 Å². The van der Waals surface area contributed by atoms with Crippen LogP contribution in [-0.4, -0.2) is 12.6 Å². The third-order valence-electron chi connectivity index (χ3n) is 1.81. The van der Waals surface area contributed by atoms with Crippen molar-refractivity contribution < 1.29 is 9.53 Å². The van der Waals surface area contributed by atoms with E-state index in [0.717, 1.165) is 4.47 Å². The number of nitrogens with zero attached hydrogens (tertiary/aromatic N) is 2. The van der Waals surface area contributed by atoms with E-state index in [9.17, 15) is 4.79 Å². The number of ether oxygens (including phenoxy) is 1. The van der Waals surface area contributed by atoms with Crippen molar-refractivity contribution in [3.63, 3.8) is 0 Å². The van der Waals surface area contributed by atoms with Crippen molar-refractivity contribution in [2.45, 2.75) is 13.0 Å². The standard InChI is InChI=1S/C10H10BrN2O2/c1-2-15-10(14)9(13-12)7-3-5-8(11)6-4-7/h3-6,9H,2H2,1H3/q+1/t9-/m0/s1. The van der Waals surface area contributed by atoms with Gasteiger partial charge in [-0.1, -0.05) is 15.9 Å². The number of carbonyl (C=O) groups is 1. The Morgan fingerprint density at radius 3 is 2.60 bits per heavy atom. The van der Waals surface area contributed by atoms with Gasteiger partial charge in [0.25, 0.3) is 0 Å². The quantitative estimate of drug-likeness (QED) is 0.626. The zero-order valence-corrected chi connectivity index (χ0v) is 9.77. The second-order valence-electron chi connectivity index (χ2n) is 2.82. The molecule has 0 aliphatic heterocycles. The summed E-state index contributed by atoms with van der Waals surface area (Å²) < 4.78 is 5.67. The molecular weight excluding hydrogens is 260 g/mol. The van der Waals surface area contributed by atoms with Gasteiger partial charge in [-0.05, 0) is 31.2 Å². The molecule has 0 saturated heterocycles. The monoisotopic (exact) mass is 269 g/mol. The molecule has 1 aromatic carbocycles. The Bertz CT molecular complexity index is 383. The Morgan fingerprint density at radius 2 is 2.13 bits per heavy atom. The Kier molecular flexibility index (Phi) is 4.25. The molecule has 0 unspecified atom stereocenters. The van der Waals surface area contributed by atoms with E-state index < -0.39 is 12.0 Å². The topological polar surface area (TPSA) is 54.5 Å². The molecule has 0 heterocycles. The molecule has 0 radical (unpaired) electrons. The summed E-state index contributed by atoms with van der Waals surface area (Å²) >= 11 is 3.27. The number of hydrogen-bond donors (Lipinski definition) is 0. The Balaban J connectivity index is 2.89. The largest absolute Gasteiger partial charge is 0.460 e. The minimum atomic E-state index is -0.960. The van der Waals surface area contributed by atoms with Crippen LogP contribution in [0.3, 0.4) is 0 Å². The molecule has 0 spiro atoms. The number of hydrogen-bond acceptors (Lipinski definition) is 3. The fraction of sp³-hybridized carbons (Fsp3) is 0.300. The predicted molar refractivity (Wildman–Crippen MR) is 58.6 cm³/mol. The number of esters is 1. The second-order valence-corrected chi connectivity index (χ2v) is 3.74.